The third kappa shape index (κ3) is 8.55. The van der Waals surface area contributed by atoms with Crippen molar-refractivity contribution in [2.75, 3.05) is 31.8 Å². The Balaban J connectivity index is 3.40. The Morgan fingerprint density at radius 1 is 1.50 bits per heavy atom. The molecule has 0 saturated carbocycles. The first-order valence-electron chi connectivity index (χ1n) is 5.14. The van der Waals surface area contributed by atoms with Crippen LogP contribution in [-0.2, 0) is 14.3 Å². The van der Waals surface area contributed by atoms with Crippen molar-refractivity contribution >= 4 is 23.6 Å². The van der Waals surface area contributed by atoms with Crippen molar-refractivity contribution in [1.29, 1.82) is 0 Å². The summed E-state index contributed by atoms with van der Waals surface area (Å²) in [6.07, 6.45) is 0.790. The summed E-state index contributed by atoms with van der Waals surface area (Å²) in [5.74, 6) is -0.524. The normalized spacial score (nSPS) is 12.1. The molecule has 0 fully saturated rings. The monoisotopic (exact) mass is 249 g/mol. The quantitative estimate of drug-likeness (QED) is 0.585. The zero-order valence-corrected chi connectivity index (χ0v) is 10.5. The smallest absolute Gasteiger partial charge is 0.307 e. The van der Waals surface area contributed by atoms with Crippen LogP contribution in [0.2, 0.25) is 0 Å². The van der Waals surface area contributed by atoms with Crippen LogP contribution in [0.1, 0.15) is 13.3 Å². The molecule has 0 aromatic heterocycles. The first-order valence-corrected chi connectivity index (χ1v) is 6.29. The summed E-state index contributed by atoms with van der Waals surface area (Å²) in [6.45, 7) is 2.86. The fraction of sp³-hybridized carbons (Fsp3) is 0.800. The van der Waals surface area contributed by atoms with Crippen LogP contribution >= 0.6 is 11.8 Å². The molecule has 0 bridgehead atoms. The van der Waals surface area contributed by atoms with Crippen LogP contribution in [0.5, 0.6) is 0 Å². The van der Waals surface area contributed by atoms with Gasteiger partial charge in [0.05, 0.1) is 11.7 Å². The second-order valence-electron chi connectivity index (χ2n) is 3.45. The number of ether oxygens (including phenoxy) is 1. The number of nitrogens with one attached hydrogen (secondary N) is 1. The van der Waals surface area contributed by atoms with Crippen LogP contribution in [-0.4, -0.2) is 48.8 Å². The molecule has 2 N–H and O–H groups in total. The second kappa shape index (κ2) is 9.47. The van der Waals surface area contributed by atoms with Crippen LogP contribution in [0.15, 0.2) is 0 Å². The maximum atomic E-state index is 11.2. The number of carboxylic acid groups (broad SMARTS) is 1. The van der Waals surface area contributed by atoms with E-state index in [9.17, 15) is 9.59 Å². The number of methoxy groups -OCH3 is 1. The molecule has 0 heterocycles. The summed E-state index contributed by atoms with van der Waals surface area (Å²) in [5, 5.41) is 11.4. The molecule has 0 rings (SSSR count). The summed E-state index contributed by atoms with van der Waals surface area (Å²) in [5.41, 5.74) is 0. The molecule has 0 radical (unpaired) electrons. The predicted octanol–water partition coefficient (Wildman–Crippen LogP) is 0.593. The number of rotatable bonds is 9. The number of aliphatic carboxylic acids is 1. The highest BCUT2D eigenvalue weighted by Gasteiger charge is 2.11. The lowest BCUT2D eigenvalue weighted by molar-refractivity contribution is -0.140. The minimum atomic E-state index is -0.826. The van der Waals surface area contributed by atoms with E-state index in [1.54, 1.807) is 14.0 Å². The third-order valence-electron chi connectivity index (χ3n) is 1.87. The summed E-state index contributed by atoms with van der Waals surface area (Å²) >= 11 is 1.34. The average molecular weight is 249 g/mol. The molecule has 0 aromatic carbocycles. The molecule has 0 saturated heterocycles. The van der Waals surface area contributed by atoms with Gasteiger partial charge in [-0.1, -0.05) is 6.92 Å². The van der Waals surface area contributed by atoms with Crippen LogP contribution in [0.3, 0.4) is 0 Å². The van der Waals surface area contributed by atoms with Gasteiger partial charge in [-0.3, -0.25) is 9.59 Å². The van der Waals surface area contributed by atoms with E-state index in [1.165, 1.54) is 11.8 Å². The molecule has 0 aliphatic rings. The number of amides is 1. The Morgan fingerprint density at radius 3 is 2.75 bits per heavy atom. The fourth-order valence-corrected chi connectivity index (χ4v) is 1.80. The molecular weight excluding hydrogens is 230 g/mol. The molecule has 5 nitrogen and oxygen atoms in total. The van der Waals surface area contributed by atoms with Crippen LogP contribution in [0.25, 0.3) is 0 Å². The Kier molecular flexibility index (Phi) is 9.03. The number of carbonyl (C=O) groups excluding carboxylic acids is 1. The van der Waals surface area contributed by atoms with Crippen molar-refractivity contribution in [2.45, 2.75) is 13.3 Å². The van der Waals surface area contributed by atoms with Gasteiger partial charge in [-0.2, -0.15) is 11.8 Å². The summed E-state index contributed by atoms with van der Waals surface area (Å²) in [6, 6.07) is 0. The fourth-order valence-electron chi connectivity index (χ4n) is 0.895. The highest BCUT2D eigenvalue weighted by Crippen LogP contribution is 2.07. The lowest BCUT2D eigenvalue weighted by Crippen LogP contribution is -2.27. The van der Waals surface area contributed by atoms with Crippen molar-refractivity contribution in [3.8, 4) is 0 Å². The van der Waals surface area contributed by atoms with Crippen molar-refractivity contribution < 1.29 is 19.4 Å². The van der Waals surface area contributed by atoms with Crippen molar-refractivity contribution in [3.05, 3.63) is 0 Å². The Bertz CT molecular complexity index is 223. The molecule has 0 spiro atoms. The average Bonchev–Trinajstić information content (AvgIpc) is 2.24. The first-order chi connectivity index (χ1) is 7.57. The summed E-state index contributed by atoms with van der Waals surface area (Å²) in [4.78, 5) is 21.7. The van der Waals surface area contributed by atoms with E-state index in [0.29, 0.717) is 24.7 Å². The molecule has 6 heteroatoms. The lowest BCUT2D eigenvalue weighted by atomic mass is 10.2. The molecule has 1 unspecified atom stereocenters. The van der Waals surface area contributed by atoms with E-state index in [2.05, 4.69) is 5.32 Å². The Hall–Kier alpha value is -0.750. The van der Waals surface area contributed by atoms with Crippen LogP contribution in [0.4, 0.5) is 0 Å². The number of hydrogen-bond donors (Lipinski definition) is 2. The molecule has 94 valence electrons. The van der Waals surface area contributed by atoms with Gasteiger partial charge in [-0.15, -0.1) is 0 Å². The highest BCUT2D eigenvalue weighted by atomic mass is 32.2. The SMILES string of the molecule is COCCCNC(=O)CSCC(C)C(=O)O. The largest absolute Gasteiger partial charge is 0.481 e. The maximum Gasteiger partial charge on any atom is 0.307 e. The highest BCUT2D eigenvalue weighted by molar-refractivity contribution is 7.99. The molecule has 16 heavy (non-hydrogen) atoms. The second-order valence-corrected chi connectivity index (χ2v) is 4.48. The van der Waals surface area contributed by atoms with Gasteiger partial charge in [0, 0.05) is 26.0 Å². The van der Waals surface area contributed by atoms with E-state index < -0.39 is 11.9 Å². The minimum absolute atomic E-state index is 0.0568. The van der Waals surface area contributed by atoms with Gasteiger partial charge in [0.15, 0.2) is 0 Å². The summed E-state index contributed by atoms with van der Waals surface area (Å²) in [7, 11) is 1.62. The zero-order valence-electron chi connectivity index (χ0n) is 9.69. The molecule has 0 aromatic rings. The van der Waals surface area contributed by atoms with E-state index in [1.807, 2.05) is 0 Å². The topological polar surface area (TPSA) is 75.6 Å². The van der Waals surface area contributed by atoms with Gasteiger partial charge in [0.1, 0.15) is 0 Å². The van der Waals surface area contributed by atoms with Gasteiger partial charge in [-0.05, 0) is 6.42 Å². The van der Waals surface area contributed by atoms with Gasteiger partial charge in [0.2, 0.25) is 5.91 Å². The molecule has 1 amide bonds. The maximum absolute atomic E-state index is 11.2. The van der Waals surface area contributed by atoms with E-state index >= 15 is 0 Å². The van der Waals surface area contributed by atoms with Gasteiger partial charge >= 0.3 is 5.97 Å². The molecule has 0 aliphatic carbocycles. The third-order valence-corrected chi connectivity index (χ3v) is 3.07. The summed E-state index contributed by atoms with van der Waals surface area (Å²) < 4.78 is 4.84. The van der Waals surface area contributed by atoms with Gasteiger partial charge < -0.3 is 15.2 Å². The molecule has 0 aliphatic heterocycles. The standard InChI is InChI=1S/C10H19NO4S/c1-8(10(13)14)6-16-7-9(12)11-4-3-5-15-2/h8H,3-7H2,1-2H3,(H,11,12)(H,13,14). The van der Waals surface area contributed by atoms with Crippen molar-refractivity contribution in [2.24, 2.45) is 5.92 Å². The Morgan fingerprint density at radius 2 is 2.19 bits per heavy atom. The van der Waals surface area contributed by atoms with Crippen LogP contribution < -0.4 is 5.32 Å². The molecule has 1 atom stereocenters. The van der Waals surface area contributed by atoms with Crippen molar-refractivity contribution in [1.82, 2.24) is 5.32 Å². The van der Waals surface area contributed by atoms with Crippen LogP contribution in [0, 0.1) is 5.92 Å². The van der Waals surface area contributed by atoms with Gasteiger partial charge in [-0.25, -0.2) is 0 Å². The minimum Gasteiger partial charge on any atom is -0.481 e. The number of carbonyl (C=O) groups is 2. The number of carboxylic acids is 1. The first kappa shape index (κ1) is 15.2. The lowest BCUT2D eigenvalue weighted by Gasteiger charge is -2.06. The van der Waals surface area contributed by atoms with E-state index in [-0.39, 0.29) is 5.91 Å². The van der Waals surface area contributed by atoms with E-state index in [4.69, 9.17) is 9.84 Å². The van der Waals surface area contributed by atoms with Crippen molar-refractivity contribution in [3.63, 3.8) is 0 Å². The molecular formula is C10H19NO4S. The number of thioether (sulfide) groups is 1. The predicted molar refractivity (Wildman–Crippen MR) is 63.6 cm³/mol. The van der Waals surface area contributed by atoms with Gasteiger partial charge in [0.25, 0.3) is 0 Å². The number of hydrogen-bond acceptors (Lipinski definition) is 4. The Labute approximate surface area is 99.9 Å². The van der Waals surface area contributed by atoms with E-state index in [0.717, 1.165) is 6.42 Å². The zero-order chi connectivity index (χ0) is 12.4.